The van der Waals surface area contributed by atoms with Crippen molar-refractivity contribution in [2.75, 3.05) is 5.32 Å². The third-order valence-electron chi connectivity index (χ3n) is 2.91. The molecule has 0 saturated heterocycles. The van der Waals surface area contributed by atoms with E-state index in [2.05, 4.69) is 21.2 Å². The van der Waals surface area contributed by atoms with Gasteiger partial charge in [0.2, 0.25) is 0 Å². The lowest BCUT2D eigenvalue weighted by Crippen LogP contribution is -2.16. The molecule has 0 heterocycles. The van der Waals surface area contributed by atoms with Crippen molar-refractivity contribution in [3.63, 3.8) is 0 Å². The molecule has 0 unspecified atom stereocenters. The van der Waals surface area contributed by atoms with Crippen molar-refractivity contribution in [1.29, 1.82) is 0 Å². The normalized spacial score (nSPS) is 10.2. The maximum atomic E-state index is 13.0. The summed E-state index contributed by atoms with van der Waals surface area (Å²) in [5, 5.41) is 11.7. The van der Waals surface area contributed by atoms with Gasteiger partial charge in [-0.15, -0.1) is 0 Å². The van der Waals surface area contributed by atoms with Crippen LogP contribution in [0.5, 0.6) is 0 Å². The molecule has 0 aromatic heterocycles. The summed E-state index contributed by atoms with van der Waals surface area (Å²) in [6, 6.07) is 8.46. The Morgan fingerprint density at radius 1 is 1.24 bits per heavy atom. The summed E-state index contributed by atoms with van der Waals surface area (Å²) in [5.41, 5.74) is 0.987. The number of aromatic carboxylic acids is 1. The van der Waals surface area contributed by atoms with Gasteiger partial charge in [-0.25, -0.2) is 9.18 Å². The molecule has 108 valence electrons. The summed E-state index contributed by atoms with van der Waals surface area (Å²) in [7, 11) is 0. The summed E-state index contributed by atoms with van der Waals surface area (Å²) in [6.07, 6.45) is 0. The standard InChI is InChI=1S/C15H11BrFNO3/c1-8-3-2-4-12(13(8)15(20)21)18-14(19)10-6-5-9(17)7-11(10)16/h2-7H,1H3,(H,18,19)(H,20,21). The lowest BCUT2D eigenvalue weighted by molar-refractivity contribution is 0.0697. The Morgan fingerprint density at radius 2 is 1.95 bits per heavy atom. The molecule has 2 N–H and O–H groups in total. The molecule has 0 spiro atoms. The van der Waals surface area contributed by atoms with Crippen LogP contribution in [0.15, 0.2) is 40.9 Å². The van der Waals surface area contributed by atoms with E-state index in [9.17, 15) is 19.1 Å². The minimum atomic E-state index is -1.12. The molecular weight excluding hydrogens is 341 g/mol. The highest BCUT2D eigenvalue weighted by atomic mass is 79.9. The minimum Gasteiger partial charge on any atom is -0.478 e. The van der Waals surface area contributed by atoms with Gasteiger partial charge in [-0.05, 0) is 52.7 Å². The molecule has 2 aromatic carbocycles. The van der Waals surface area contributed by atoms with Gasteiger partial charge in [-0.2, -0.15) is 0 Å². The Labute approximate surface area is 128 Å². The second-order valence-electron chi connectivity index (χ2n) is 4.38. The number of hydrogen-bond donors (Lipinski definition) is 2. The second kappa shape index (κ2) is 6.05. The van der Waals surface area contributed by atoms with E-state index in [4.69, 9.17) is 0 Å². The first kappa shape index (κ1) is 15.2. The van der Waals surface area contributed by atoms with Crippen LogP contribution in [0, 0.1) is 12.7 Å². The number of hydrogen-bond acceptors (Lipinski definition) is 2. The first-order chi connectivity index (χ1) is 9.90. The smallest absolute Gasteiger partial charge is 0.338 e. The number of carbonyl (C=O) groups is 2. The van der Waals surface area contributed by atoms with E-state index in [1.807, 2.05) is 0 Å². The fourth-order valence-corrected chi connectivity index (χ4v) is 2.45. The Morgan fingerprint density at radius 3 is 2.57 bits per heavy atom. The summed E-state index contributed by atoms with van der Waals surface area (Å²) in [4.78, 5) is 23.4. The SMILES string of the molecule is Cc1cccc(NC(=O)c2ccc(F)cc2Br)c1C(=O)O. The van der Waals surface area contributed by atoms with E-state index < -0.39 is 17.7 Å². The zero-order valence-corrected chi connectivity index (χ0v) is 12.6. The fourth-order valence-electron chi connectivity index (χ4n) is 1.92. The molecule has 0 aliphatic carbocycles. The number of carboxylic acids is 1. The van der Waals surface area contributed by atoms with Crippen molar-refractivity contribution in [3.05, 3.63) is 63.4 Å². The second-order valence-corrected chi connectivity index (χ2v) is 5.24. The van der Waals surface area contributed by atoms with Crippen molar-refractivity contribution in [3.8, 4) is 0 Å². The third-order valence-corrected chi connectivity index (χ3v) is 3.57. The van der Waals surface area contributed by atoms with Crippen LogP contribution < -0.4 is 5.32 Å². The number of benzene rings is 2. The van der Waals surface area contributed by atoms with Crippen LogP contribution in [-0.2, 0) is 0 Å². The molecule has 0 radical (unpaired) electrons. The summed E-state index contributed by atoms with van der Waals surface area (Å²) < 4.78 is 13.3. The molecule has 21 heavy (non-hydrogen) atoms. The average Bonchev–Trinajstić information content (AvgIpc) is 2.37. The number of aryl methyl sites for hydroxylation is 1. The van der Waals surface area contributed by atoms with Gasteiger partial charge in [0.05, 0.1) is 16.8 Å². The molecule has 0 aliphatic heterocycles. The van der Waals surface area contributed by atoms with Crippen molar-refractivity contribution in [1.82, 2.24) is 0 Å². The zero-order valence-electron chi connectivity index (χ0n) is 11.0. The molecule has 2 aromatic rings. The van der Waals surface area contributed by atoms with Crippen molar-refractivity contribution >= 4 is 33.5 Å². The first-order valence-electron chi connectivity index (χ1n) is 5.99. The van der Waals surface area contributed by atoms with Gasteiger partial charge < -0.3 is 10.4 Å². The van der Waals surface area contributed by atoms with Crippen molar-refractivity contribution in [2.45, 2.75) is 6.92 Å². The van der Waals surface area contributed by atoms with Crippen LogP contribution in [0.25, 0.3) is 0 Å². The maximum absolute atomic E-state index is 13.0. The molecular formula is C15H11BrFNO3. The van der Waals surface area contributed by atoms with Gasteiger partial charge in [0, 0.05) is 4.47 Å². The fraction of sp³-hybridized carbons (Fsp3) is 0.0667. The summed E-state index contributed by atoms with van der Waals surface area (Å²) >= 11 is 3.11. The van der Waals surface area contributed by atoms with Gasteiger partial charge in [-0.3, -0.25) is 4.79 Å². The number of nitrogens with one attached hydrogen (secondary N) is 1. The topological polar surface area (TPSA) is 66.4 Å². The highest BCUT2D eigenvalue weighted by Crippen LogP contribution is 2.23. The first-order valence-corrected chi connectivity index (χ1v) is 6.78. The van der Waals surface area contributed by atoms with Crippen LogP contribution in [0.3, 0.4) is 0 Å². The van der Waals surface area contributed by atoms with Gasteiger partial charge >= 0.3 is 5.97 Å². The molecule has 0 saturated carbocycles. The van der Waals surface area contributed by atoms with E-state index in [1.54, 1.807) is 19.1 Å². The van der Waals surface area contributed by atoms with E-state index in [0.717, 1.165) is 6.07 Å². The number of carbonyl (C=O) groups excluding carboxylic acids is 1. The molecule has 0 atom stereocenters. The molecule has 0 fully saturated rings. The summed E-state index contributed by atoms with van der Waals surface area (Å²) in [5.74, 6) is -2.11. The van der Waals surface area contributed by atoms with Crippen LogP contribution in [0.2, 0.25) is 0 Å². The monoisotopic (exact) mass is 351 g/mol. The Bertz CT molecular complexity index is 731. The third kappa shape index (κ3) is 3.28. The maximum Gasteiger partial charge on any atom is 0.338 e. The van der Waals surface area contributed by atoms with Crippen LogP contribution in [0.4, 0.5) is 10.1 Å². The Kier molecular flexibility index (Phi) is 4.37. The van der Waals surface area contributed by atoms with Gasteiger partial charge in [0.1, 0.15) is 5.82 Å². The van der Waals surface area contributed by atoms with Crippen LogP contribution in [-0.4, -0.2) is 17.0 Å². The molecule has 2 rings (SSSR count). The molecule has 6 heteroatoms. The Hall–Kier alpha value is -2.21. The zero-order chi connectivity index (χ0) is 15.6. The Balaban J connectivity index is 2.36. The lowest BCUT2D eigenvalue weighted by atomic mass is 10.1. The van der Waals surface area contributed by atoms with E-state index in [1.165, 1.54) is 18.2 Å². The average molecular weight is 352 g/mol. The molecule has 4 nitrogen and oxygen atoms in total. The predicted molar refractivity (Wildman–Crippen MR) is 80.2 cm³/mol. The van der Waals surface area contributed by atoms with Crippen LogP contribution in [0.1, 0.15) is 26.3 Å². The minimum absolute atomic E-state index is 0.0316. The number of anilines is 1. The largest absolute Gasteiger partial charge is 0.478 e. The van der Waals surface area contributed by atoms with Gasteiger partial charge in [-0.1, -0.05) is 12.1 Å². The van der Waals surface area contributed by atoms with Gasteiger partial charge in [0.15, 0.2) is 0 Å². The summed E-state index contributed by atoms with van der Waals surface area (Å²) in [6.45, 7) is 1.65. The van der Waals surface area contributed by atoms with Crippen molar-refractivity contribution < 1.29 is 19.1 Å². The number of rotatable bonds is 3. The molecule has 0 aliphatic rings. The number of amides is 1. The number of carboxylic acid groups (broad SMARTS) is 1. The molecule has 0 bridgehead atoms. The number of halogens is 2. The van der Waals surface area contributed by atoms with E-state index >= 15 is 0 Å². The molecule has 1 amide bonds. The highest BCUT2D eigenvalue weighted by Gasteiger charge is 2.17. The van der Waals surface area contributed by atoms with E-state index in [0.29, 0.717) is 10.0 Å². The highest BCUT2D eigenvalue weighted by molar-refractivity contribution is 9.10. The van der Waals surface area contributed by atoms with Crippen molar-refractivity contribution in [2.24, 2.45) is 0 Å². The van der Waals surface area contributed by atoms with Crippen LogP contribution >= 0.6 is 15.9 Å². The predicted octanol–water partition coefficient (Wildman–Crippen LogP) is 3.85. The lowest BCUT2D eigenvalue weighted by Gasteiger charge is -2.11. The quantitative estimate of drug-likeness (QED) is 0.882. The van der Waals surface area contributed by atoms with Gasteiger partial charge in [0.25, 0.3) is 5.91 Å². The van der Waals surface area contributed by atoms with E-state index in [-0.39, 0.29) is 16.8 Å².